The van der Waals surface area contributed by atoms with Gasteiger partial charge in [-0.25, -0.2) is 0 Å². The number of amides is 2. The lowest BCUT2D eigenvalue weighted by Crippen LogP contribution is -2.43. The van der Waals surface area contributed by atoms with Crippen molar-refractivity contribution in [3.63, 3.8) is 0 Å². The second-order valence-corrected chi connectivity index (χ2v) is 4.10. The lowest BCUT2D eigenvalue weighted by molar-refractivity contribution is 0.0172. The van der Waals surface area contributed by atoms with Gasteiger partial charge in [-0.05, 0) is 12.1 Å². The summed E-state index contributed by atoms with van der Waals surface area (Å²) in [5, 5.41) is 2.80. The first-order chi connectivity index (χ1) is 8.18. The molecule has 0 fully saturated rings. The molecule has 86 valence electrons. The predicted molar refractivity (Wildman–Crippen MR) is 60.6 cm³/mol. The average Bonchev–Trinajstić information content (AvgIpc) is 2.84. The van der Waals surface area contributed by atoms with E-state index >= 15 is 0 Å². The molecule has 0 spiro atoms. The van der Waals surface area contributed by atoms with Gasteiger partial charge in [0, 0.05) is 19.4 Å². The average molecular weight is 229 g/mol. The summed E-state index contributed by atoms with van der Waals surface area (Å²) in [7, 11) is 1.88. The molecule has 0 saturated heterocycles. The quantitative estimate of drug-likeness (QED) is 0.670. The van der Waals surface area contributed by atoms with Crippen LogP contribution in [0.2, 0.25) is 0 Å². The largest absolute Gasteiger partial charge is 0.360 e. The molecule has 0 saturated carbocycles. The third kappa shape index (κ3) is 1.32. The minimum Gasteiger partial charge on any atom is -0.360 e. The lowest BCUT2D eigenvalue weighted by atomic mass is 10.1. The number of hydrazine groups is 1. The molecule has 1 aromatic rings. The summed E-state index contributed by atoms with van der Waals surface area (Å²) in [6.45, 7) is 0.505. The van der Waals surface area contributed by atoms with Gasteiger partial charge in [0.2, 0.25) is 0 Å². The second kappa shape index (κ2) is 3.35. The molecule has 17 heavy (non-hydrogen) atoms. The molecule has 2 aliphatic rings. The van der Waals surface area contributed by atoms with Crippen molar-refractivity contribution in [3.05, 3.63) is 47.8 Å². The van der Waals surface area contributed by atoms with Gasteiger partial charge < -0.3 is 4.90 Å². The second-order valence-electron chi connectivity index (χ2n) is 4.10. The zero-order chi connectivity index (χ0) is 12.0. The molecular weight excluding hydrogens is 218 g/mol. The van der Waals surface area contributed by atoms with Gasteiger partial charge in [-0.1, -0.05) is 12.1 Å². The van der Waals surface area contributed by atoms with Crippen LogP contribution >= 0.6 is 0 Å². The fourth-order valence-electron chi connectivity index (χ4n) is 2.05. The SMILES string of the molecule is CN1C=CN(N2C(=O)c3ccccc3C2=O)C1. The maximum Gasteiger partial charge on any atom is 0.280 e. The minimum absolute atomic E-state index is 0.259. The number of carbonyl (C=O) groups is 2. The van der Waals surface area contributed by atoms with E-state index in [1.165, 1.54) is 5.01 Å². The maximum atomic E-state index is 12.1. The molecule has 0 unspecified atom stereocenters. The first-order valence-corrected chi connectivity index (χ1v) is 5.31. The topological polar surface area (TPSA) is 43.9 Å². The van der Waals surface area contributed by atoms with Crippen molar-refractivity contribution in [2.75, 3.05) is 13.7 Å². The molecule has 0 atom stereocenters. The molecule has 1 aromatic carbocycles. The van der Waals surface area contributed by atoms with E-state index in [1.807, 2.05) is 18.1 Å². The monoisotopic (exact) mass is 229 g/mol. The van der Waals surface area contributed by atoms with Crippen LogP contribution in [0.4, 0.5) is 0 Å². The molecule has 5 heteroatoms. The molecule has 5 nitrogen and oxygen atoms in total. The smallest absolute Gasteiger partial charge is 0.280 e. The Kier molecular flexibility index (Phi) is 1.95. The highest BCUT2D eigenvalue weighted by atomic mass is 16.2. The van der Waals surface area contributed by atoms with Gasteiger partial charge in [0.15, 0.2) is 0 Å². The van der Waals surface area contributed by atoms with Crippen LogP contribution in [-0.4, -0.2) is 40.4 Å². The summed E-state index contributed by atoms with van der Waals surface area (Å²) in [6.07, 6.45) is 3.55. The number of nitrogens with zero attached hydrogens (tertiary/aromatic N) is 3. The van der Waals surface area contributed by atoms with Crippen molar-refractivity contribution in [1.82, 2.24) is 14.9 Å². The van der Waals surface area contributed by atoms with Gasteiger partial charge in [0.25, 0.3) is 11.8 Å². The van der Waals surface area contributed by atoms with E-state index in [0.717, 1.165) is 0 Å². The Morgan fingerprint density at radius 3 is 2.06 bits per heavy atom. The summed E-state index contributed by atoms with van der Waals surface area (Å²) in [5.74, 6) is -0.517. The van der Waals surface area contributed by atoms with E-state index in [0.29, 0.717) is 17.8 Å². The molecule has 0 radical (unpaired) electrons. The fourth-order valence-corrected chi connectivity index (χ4v) is 2.05. The van der Waals surface area contributed by atoms with Gasteiger partial charge >= 0.3 is 0 Å². The van der Waals surface area contributed by atoms with Crippen molar-refractivity contribution in [1.29, 1.82) is 0 Å². The highest BCUT2D eigenvalue weighted by molar-refractivity contribution is 6.21. The summed E-state index contributed by atoms with van der Waals surface area (Å²) in [5.41, 5.74) is 0.945. The van der Waals surface area contributed by atoms with Crippen LogP contribution in [0.1, 0.15) is 20.7 Å². The molecule has 3 rings (SSSR count). The maximum absolute atomic E-state index is 12.1. The van der Waals surface area contributed by atoms with Gasteiger partial charge in [-0.3, -0.25) is 14.6 Å². The Morgan fingerprint density at radius 1 is 1.00 bits per heavy atom. The van der Waals surface area contributed by atoms with Gasteiger partial charge in [0.1, 0.15) is 6.67 Å². The third-order valence-electron chi connectivity index (χ3n) is 2.89. The van der Waals surface area contributed by atoms with E-state index in [9.17, 15) is 9.59 Å². The molecule has 2 amide bonds. The van der Waals surface area contributed by atoms with Crippen molar-refractivity contribution < 1.29 is 9.59 Å². The number of benzene rings is 1. The normalized spacial score (nSPS) is 18.3. The van der Waals surface area contributed by atoms with Crippen LogP contribution in [0.25, 0.3) is 0 Å². The van der Waals surface area contributed by atoms with Crippen LogP contribution in [0.5, 0.6) is 0 Å². The Balaban J connectivity index is 1.98. The Hall–Kier alpha value is -2.30. The zero-order valence-electron chi connectivity index (χ0n) is 9.33. The molecule has 0 bridgehead atoms. The molecule has 0 aliphatic carbocycles. The Bertz CT molecular complexity index is 503. The number of imide groups is 1. The van der Waals surface area contributed by atoms with E-state index in [1.54, 1.807) is 35.5 Å². The highest BCUT2D eigenvalue weighted by Gasteiger charge is 2.39. The first kappa shape index (κ1) is 9.89. The van der Waals surface area contributed by atoms with Crippen LogP contribution in [0.15, 0.2) is 36.7 Å². The highest BCUT2D eigenvalue weighted by Crippen LogP contribution is 2.25. The van der Waals surface area contributed by atoms with Crippen LogP contribution < -0.4 is 0 Å². The summed E-state index contributed by atoms with van der Waals surface area (Å²) in [4.78, 5) is 26.1. The number of hydrogen-bond acceptors (Lipinski definition) is 4. The number of hydrogen-bond donors (Lipinski definition) is 0. The van der Waals surface area contributed by atoms with Crippen molar-refractivity contribution in [2.45, 2.75) is 0 Å². The number of fused-ring (bicyclic) bond motifs is 1. The van der Waals surface area contributed by atoms with E-state index in [2.05, 4.69) is 0 Å². The van der Waals surface area contributed by atoms with Gasteiger partial charge in [0.05, 0.1) is 11.1 Å². The van der Waals surface area contributed by atoms with Gasteiger partial charge in [-0.2, -0.15) is 5.01 Å². The van der Waals surface area contributed by atoms with E-state index in [-0.39, 0.29) is 11.8 Å². The molecule has 2 aliphatic heterocycles. The van der Waals surface area contributed by atoms with E-state index in [4.69, 9.17) is 0 Å². The minimum atomic E-state index is -0.259. The zero-order valence-corrected chi connectivity index (χ0v) is 9.33. The van der Waals surface area contributed by atoms with Crippen LogP contribution in [-0.2, 0) is 0 Å². The standard InChI is InChI=1S/C12H11N3O2/c1-13-6-7-14(8-13)15-11(16)9-4-2-3-5-10(9)12(15)17/h2-7H,8H2,1H3. The molecular formula is C12H11N3O2. The van der Waals surface area contributed by atoms with Crippen molar-refractivity contribution in [3.8, 4) is 0 Å². The van der Waals surface area contributed by atoms with Crippen molar-refractivity contribution in [2.24, 2.45) is 0 Å². The Morgan fingerprint density at radius 2 is 1.59 bits per heavy atom. The summed E-state index contributed by atoms with van der Waals surface area (Å²) < 4.78 is 0. The lowest BCUT2D eigenvalue weighted by Gasteiger charge is -2.26. The number of rotatable bonds is 1. The Labute approximate surface area is 98.5 Å². The molecule has 2 heterocycles. The third-order valence-corrected chi connectivity index (χ3v) is 2.89. The summed E-state index contributed by atoms with van der Waals surface area (Å²) in [6, 6.07) is 6.89. The number of carbonyl (C=O) groups excluding carboxylic acids is 2. The molecule has 0 aromatic heterocycles. The molecule has 0 N–H and O–H groups in total. The van der Waals surface area contributed by atoms with Gasteiger partial charge in [-0.15, -0.1) is 0 Å². The van der Waals surface area contributed by atoms with E-state index < -0.39 is 0 Å². The first-order valence-electron chi connectivity index (χ1n) is 5.31. The fraction of sp³-hybridized carbons (Fsp3) is 0.167. The van der Waals surface area contributed by atoms with Crippen molar-refractivity contribution >= 4 is 11.8 Å². The van der Waals surface area contributed by atoms with Crippen LogP contribution in [0.3, 0.4) is 0 Å². The summed E-state index contributed by atoms with van der Waals surface area (Å²) >= 11 is 0. The predicted octanol–water partition coefficient (Wildman–Crippen LogP) is 0.874. The van der Waals surface area contributed by atoms with Crippen LogP contribution in [0, 0.1) is 0 Å².